The normalized spacial score (nSPS) is 19.8. The number of rotatable bonds is 4. The third-order valence-corrected chi connectivity index (χ3v) is 4.51. The predicted molar refractivity (Wildman–Crippen MR) is 77.7 cm³/mol. The minimum Gasteiger partial charge on any atom is -0.493 e. The van der Waals surface area contributed by atoms with Crippen LogP contribution in [0.25, 0.3) is 0 Å². The van der Waals surface area contributed by atoms with E-state index in [9.17, 15) is 0 Å². The number of methoxy groups -OCH3 is 2. The highest BCUT2D eigenvalue weighted by atomic mass is 16.5. The Kier molecular flexibility index (Phi) is 4.35. The Morgan fingerprint density at radius 2 is 1.68 bits per heavy atom. The quantitative estimate of drug-likeness (QED) is 0.901. The van der Waals surface area contributed by atoms with Gasteiger partial charge in [-0.1, -0.05) is 32.3 Å². The van der Waals surface area contributed by atoms with Crippen molar-refractivity contribution in [3.05, 3.63) is 23.8 Å². The second-order valence-electron chi connectivity index (χ2n) is 5.81. The molecule has 2 rings (SSSR count). The number of ether oxygens (including phenoxy) is 2. The summed E-state index contributed by atoms with van der Waals surface area (Å²) in [5.41, 5.74) is 7.87. The van der Waals surface area contributed by atoms with E-state index in [1.165, 1.54) is 32.1 Å². The van der Waals surface area contributed by atoms with E-state index in [0.717, 1.165) is 17.1 Å². The smallest absolute Gasteiger partial charge is 0.161 e. The summed E-state index contributed by atoms with van der Waals surface area (Å²) >= 11 is 0. The molecule has 0 aromatic heterocycles. The van der Waals surface area contributed by atoms with Gasteiger partial charge in [-0.2, -0.15) is 0 Å². The van der Waals surface area contributed by atoms with Crippen molar-refractivity contribution in [3.8, 4) is 11.5 Å². The number of benzene rings is 1. The summed E-state index contributed by atoms with van der Waals surface area (Å²) in [6.07, 6.45) is 6.34. The molecule has 1 atom stereocenters. The van der Waals surface area contributed by atoms with Crippen LogP contribution >= 0.6 is 0 Å². The molecule has 0 saturated heterocycles. The Balaban J connectivity index is 2.25. The van der Waals surface area contributed by atoms with Crippen LogP contribution in [-0.2, 0) is 0 Å². The molecule has 106 valence electrons. The lowest BCUT2D eigenvalue weighted by Gasteiger charge is -2.39. The lowest BCUT2D eigenvalue weighted by atomic mass is 9.69. The fraction of sp³-hybridized carbons (Fsp3) is 0.625. The number of hydrogen-bond acceptors (Lipinski definition) is 3. The van der Waals surface area contributed by atoms with Gasteiger partial charge in [-0.25, -0.2) is 0 Å². The first-order chi connectivity index (χ1) is 9.10. The fourth-order valence-electron chi connectivity index (χ4n) is 3.12. The summed E-state index contributed by atoms with van der Waals surface area (Å²) in [7, 11) is 3.31. The molecule has 1 aliphatic rings. The summed E-state index contributed by atoms with van der Waals surface area (Å²) in [4.78, 5) is 0. The highest BCUT2D eigenvalue weighted by molar-refractivity contribution is 5.44. The third kappa shape index (κ3) is 2.86. The van der Waals surface area contributed by atoms with Crippen LogP contribution in [0.3, 0.4) is 0 Å². The van der Waals surface area contributed by atoms with E-state index in [0.29, 0.717) is 0 Å². The van der Waals surface area contributed by atoms with Crippen LogP contribution in [0.4, 0.5) is 0 Å². The second-order valence-corrected chi connectivity index (χ2v) is 5.81. The minimum absolute atomic E-state index is 0.0626. The van der Waals surface area contributed by atoms with Crippen LogP contribution in [-0.4, -0.2) is 14.2 Å². The molecule has 2 N–H and O–H groups in total. The van der Waals surface area contributed by atoms with Crippen molar-refractivity contribution in [2.45, 2.75) is 45.1 Å². The maximum Gasteiger partial charge on any atom is 0.161 e. The van der Waals surface area contributed by atoms with E-state index >= 15 is 0 Å². The largest absolute Gasteiger partial charge is 0.493 e. The van der Waals surface area contributed by atoms with Crippen LogP contribution in [0, 0.1) is 5.41 Å². The van der Waals surface area contributed by atoms with Crippen molar-refractivity contribution < 1.29 is 9.47 Å². The molecule has 0 heterocycles. The van der Waals surface area contributed by atoms with Gasteiger partial charge >= 0.3 is 0 Å². The van der Waals surface area contributed by atoms with Gasteiger partial charge in [0, 0.05) is 6.04 Å². The van der Waals surface area contributed by atoms with Crippen LogP contribution in [0.5, 0.6) is 11.5 Å². The van der Waals surface area contributed by atoms with Gasteiger partial charge in [-0.05, 0) is 36.0 Å². The molecule has 1 saturated carbocycles. The first-order valence-electron chi connectivity index (χ1n) is 7.08. The first kappa shape index (κ1) is 14.2. The molecule has 19 heavy (non-hydrogen) atoms. The van der Waals surface area contributed by atoms with Crippen LogP contribution < -0.4 is 15.2 Å². The molecule has 0 aliphatic heterocycles. The summed E-state index contributed by atoms with van der Waals surface area (Å²) in [5, 5.41) is 0. The Labute approximate surface area is 116 Å². The van der Waals surface area contributed by atoms with Gasteiger partial charge < -0.3 is 15.2 Å². The molecular formula is C16H25NO2. The molecular weight excluding hydrogens is 238 g/mol. The van der Waals surface area contributed by atoms with Gasteiger partial charge in [-0.15, -0.1) is 0 Å². The minimum atomic E-state index is 0.0626. The van der Waals surface area contributed by atoms with E-state index in [4.69, 9.17) is 15.2 Å². The number of hydrogen-bond donors (Lipinski definition) is 1. The Morgan fingerprint density at radius 3 is 2.26 bits per heavy atom. The Bertz CT molecular complexity index is 425. The van der Waals surface area contributed by atoms with Gasteiger partial charge in [0.2, 0.25) is 0 Å². The predicted octanol–water partition coefficient (Wildman–Crippen LogP) is 3.67. The SMILES string of the molecule is COc1ccc(C(N)C2(C)CCCCC2)cc1OC. The molecule has 1 aromatic carbocycles. The van der Waals surface area contributed by atoms with Crippen LogP contribution in [0.1, 0.15) is 50.6 Å². The van der Waals surface area contributed by atoms with Crippen molar-refractivity contribution in [2.75, 3.05) is 14.2 Å². The van der Waals surface area contributed by atoms with E-state index in [1.807, 2.05) is 12.1 Å². The molecule has 0 amide bonds. The van der Waals surface area contributed by atoms with Gasteiger partial charge in [0.1, 0.15) is 0 Å². The molecule has 0 spiro atoms. The Hall–Kier alpha value is -1.22. The average Bonchev–Trinajstić information content (AvgIpc) is 2.46. The zero-order valence-corrected chi connectivity index (χ0v) is 12.2. The van der Waals surface area contributed by atoms with Gasteiger partial charge in [0.05, 0.1) is 14.2 Å². The maximum absolute atomic E-state index is 6.52. The van der Waals surface area contributed by atoms with Crippen LogP contribution in [0.15, 0.2) is 18.2 Å². The Morgan fingerprint density at radius 1 is 1.05 bits per heavy atom. The van der Waals surface area contributed by atoms with Crippen LogP contribution in [0.2, 0.25) is 0 Å². The van der Waals surface area contributed by atoms with Crippen molar-refractivity contribution in [3.63, 3.8) is 0 Å². The molecule has 3 nitrogen and oxygen atoms in total. The monoisotopic (exact) mass is 263 g/mol. The zero-order valence-electron chi connectivity index (χ0n) is 12.2. The van der Waals surface area contributed by atoms with Crippen molar-refractivity contribution in [1.29, 1.82) is 0 Å². The van der Waals surface area contributed by atoms with E-state index < -0.39 is 0 Å². The van der Waals surface area contributed by atoms with E-state index in [2.05, 4.69) is 13.0 Å². The van der Waals surface area contributed by atoms with Crippen molar-refractivity contribution in [2.24, 2.45) is 11.1 Å². The molecule has 1 unspecified atom stereocenters. The average molecular weight is 263 g/mol. The third-order valence-electron chi connectivity index (χ3n) is 4.51. The molecule has 1 fully saturated rings. The molecule has 1 aliphatic carbocycles. The summed E-state index contributed by atoms with van der Waals surface area (Å²) in [5.74, 6) is 1.52. The molecule has 1 aromatic rings. The highest BCUT2D eigenvalue weighted by Crippen LogP contribution is 2.45. The summed E-state index contributed by atoms with van der Waals surface area (Å²) < 4.78 is 10.6. The summed E-state index contributed by atoms with van der Waals surface area (Å²) in [6.45, 7) is 2.31. The van der Waals surface area contributed by atoms with Crippen molar-refractivity contribution >= 4 is 0 Å². The second kappa shape index (κ2) is 5.83. The fourth-order valence-corrected chi connectivity index (χ4v) is 3.12. The highest BCUT2D eigenvalue weighted by Gasteiger charge is 2.34. The summed E-state index contributed by atoms with van der Waals surface area (Å²) in [6, 6.07) is 6.09. The number of nitrogens with two attached hydrogens (primary N) is 1. The zero-order chi connectivity index (χ0) is 13.9. The topological polar surface area (TPSA) is 44.5 Å². The lowest BCUT2D eigenvalue weighted by Crippen LogP contribution is -2.33. The van der Waals surface area contributed by atoms with Crippen molar-refractivity contribution in [1.82, 2.24) is 0 Å². The molecule has 0 bridgehead atoms. The van der Waals surface area contributed by atoms with E-state index in [-0.39, 0.29) is 11.5 Å². The maximum atomic E-state index is 6.52. The first-order valence-corrected chi connectivity index (χ1v) is 7.08. The van der Waals surface area contributed by atoms with E-state index in [1.54, 1.807) is 14.2 Å². The standard InChI is InChI=1S/C16H25NO2/c1-16(9-5-4-6-10-16)15(17)12-7-8-13(18-2)14(11-12)19-3/h7-8,11,15H,4-6,9-10,17H2,1-3H3. The molecule has 0 radical (unpaired) electrons. The van der Waals surface area contributed by atoms with Gasteiger partial charge in [0.25, 0.3) is 0 Å². The van der Waals surface area contributed by atoms with Gasteiger partial charge in [0.15, 0.2) is 11.5 Å². The molecule has 3 heteroatoms. The lowest BCUT2D eigenvalue weighted by molar-refractivity contribution is 0.170. The van der Waals surface area contributed by atoms with Gasteiger partial charge in [-0.3, -0.25) is 0 Å².